The molecule has 1 saturated heterocycles. The molecule has 2 aliphatic rings. The highest BCUT2D eigenvalue weighted by molar-refractivity contribution is 7.18. The van der Waals surface area contributed by atoms with E-state index in [-0.39, 0.29) is 5.75 Å². The Balaban J connectivity index is 1.57. The van der Waals surface area contributed by atoms with Crippen LogP contribution in [-0.4, -0.2) is 41.2 Å². The van der Waals surface area contributed by atoms with Crippen molar-refractivity contribution in [3.63, 3.8) is 0 Å². The number of benzene rings is 1. The molecule has 0 bridgehead atoms. The van der Waals surface area contributed by atoms with Gasteiger partial charge in [0.25, 0.3) is 0 Å². The van der Waals surface area contributed by atoms with Crippen molar-refractivity contribution < 1.29 is 18.3 Å². The number of rotatable bonds is 4. The first-order valence-corrected chi connectivity index (χ1v) is 11.1. The molecule has 5 rings (SSSR count). The van der Waals surface area contributed by atoms with Crippen molar-refractivity contribution in [1.82, 2.24) is 14.9 Å². The van der Waals surface area contributed by atoms with Gasteiger partial charge >= 0.3 is 0 Å². The van der Waals surface area contributed by atoms with Crippen molar-refractivity contribution in [2.24, 2.45) is 5.92 Å². The molecule has 2 aromatic heterocycles. The number of aryl methyl sites for hydroxylation is 1. The Morgan fingerprint density at radius 1 is 1.23 bits per heavy atom. The molecule has 158 valence electrons. The van der Waals surface area contributed by atoms with Crippen LogP contribution in [0.25, 0.3) is 10.2 Å². The summed E-state index contributed by atoms with van der Waals surface area (Å²) in [4.78, 5) is 13.9. The third-order valence-electron chi connectivity index (χ3n) is 5.74. The van der Waals surface area contributed by atoms with Gasteiger partial charge in [0.1, 0.15) is 16.5 Å². The lowest BCUT2D eigenvalue weighted by Crippen LogP contribution is -2.36. The predicted molar refractivity (Wildman–Crippen MR) is 111 cm³/mol. The number of nitrogens with zero attached hydrogens (tertiary/aromatic N) is 3. The predicted octanol–water partition coefficient (Wildman–Crippen LogP) is 4.72. The Hall–Kier alpha value is -2.16. The first-order chi connectivity index (χ1) is 14.6. The van der Waals surface area contributed by atoms with Crippen molar-refractivity contribution in [2.75, 3.05) is 26.3 Å². The van der Waals surface area contributed by atoms with Gasteiger partial charge < -0.3 is 9.47 Å². The molecule has 3 aromatic rings. The molecule has 30 heavy (non-hydrogen) atoms. The first-order valence-electron chi connectivity index (χ1n) is 10.3. The molecular weight excluding hydrogens is 408 g/mol. The van der Waals surface area contributed by atoms with Crippen LogP contribution in [0.4, 0.5) is 8.78 Å². The van der Waals surface area contributed by atoms with Crippen LogP contribution in [0.2, 0.25) is 0 Å². The maximum absolute atomic E-state index is 14.3. The van der Waals surface area contributed by atoms with Gasteiger partial charge in [0.05, 0.1) is 25.1 Å². The largest absolute Gasteiger partial charge is 0.435 e. The molecule has 0 radical (unpaired) electrons. The summed E-state index contributed by atoms with van der Waals surface area (Å²) in [6, 6.07) is 3.32. The van der Waals surface area contributed by atoms with E-state index >= 15 is 0 Å². The summed E-state index contributed by atoms with van der Waals surface area (Å²) in [5.74, 6) is 0.231. The topological polar surface area (TPSA) is 47.5 Å². The van der Waals surface area contributed by atoms with E-state index in [4.69, 9.17) is 14.5 Å². The Kier molecular flexibility index (Phi) is 5.39. The fourth-order valence-corrected chi connectivity index (χ4v) is 5.51. The summed E-state index contributed by atoms with van der Waals surface area (Å²) in [5, 5.41) is 0.872. The van der Waals surface area contributed by atoms with Crippen LogP contribution in [-0.2, 0) is 24.1 Å². The van der Waals surface area contributed by atoms with Gasteiger partial charge in [0.2, 0.25) is 5.88 Å². The number of fused-ring (bicyclic) bond motifs is 3. The minimum atomic E-state index is -0.741. The van der Waals surface area contributed by atoms with Crippen molar-refractivity contribution in [3.8, 4) is 11.6 Å². The Morgan fingerprint density at radius 2 is 2.07 bits per heavy atom. The van der Waals surface area contributed by atoms with E-state index in [0.29, 0.717) is 37.4 Å². The Bertz CT molecular complexity index is 1080. The number of aromatic nitrogens is 2. The summed E-state index contributed by atoms with van der Waals surface area (Å²) < 4.78 is 39.0. The first kappa shape index (κ1) is 19.8. The van der Waals surface area contributed by atoms with E-state index in [1.807, 2.05) is 0 Å². The quantitative estimate of drug-likeness (QED) is 0.598. The standard InChI is InChI=1S/C22H23F2N3O2S/c1-13-2-4-15-18(10-13)30-22-20(15)21(29-17-5-3-14(23)11-16(17)24)25-19(26-22)12-27-6-8-28-9-7-27/h3,5,11,13H,2,4,6-10,12H2,1H3. The molecule has 1 atom stereocenters. The number of halogens is 2. The molecular formula is C22H23F2N3O2S. The zero-order chi connectivity index (χ0) is 20.7. The van der Waals surface area contributed by atoms with E-state index < -0.39 is 11.6 Å². The van der Waals surface area contributed by atoms with E-state index in [1.165, 1.54) is 22.6 Å². The second-order valence-corrected chi connectivity index (χ2v) is 9.13. The maximum atomic E-state index is 14.3. The lowest BCUT2D eigenvalue weighted by Gasteiger charge is -2.25. The molecule has 1 fully saturated rings. The lowest BCUT2D eigenvalue weighted by molar-refractivity contribution is 0.0330. The molecule has 0 amide bonds. The minimum absolute atomic E-state index is 0.0298. The lowest BCUT2D eigenvalue weighted by atomic mass is 9.89. The number of ether oxygens (including phenoxy) is 2. The van der Waals surface area contributed by atoms with Crippen LogP contribution in [0.3, 0.4) is 0 Å². The van der Waals surface area contributed by atoms with Crippen molar-refractivity contribution >= 4 is 21.6 Å². The van der Waals surface area contributed by atoms with E-state index in [0.717, 1.165) is 48.6 Å². The summed E-state index contributed by atoms with van der Waals surface area (Å²) >= 11 is 1.68. The van der Waals surface area contributed by atoms with Gasteiger partial charge in [-0.05, 0) is 42.9 Å². The summed E-state index contributed by atoms with van der Waals surface area (Å²) in [5.41, 5.74) is 1.21. The molecule has 0 saturated carbocycles. The number of hydrogen-bond acceptors (Lipinski definition) is 6. The number of morpholine rings is 1. The normalized spacial score (nSPS) is 19.8. The third-order valence-corrected chi connectivity index (χ3v) is 6.89. The molecule has 8 heteroatoms. The number of thiophene rings is 1. The van der Waals surface area contributed by atoms with Crippen LogP contribution >= 0.6 is 11.3 Å². The Labute approximate surface area is 177 Å². The SMILES string of the molecule is CC1CCc2c(sc3nc(CN4CCOCC4)nc(Oc4ccc(F)cc4F)c23)C1. The summed E-state index contributed by atoms with van der Waals surface area (Å²) in [6.07, 6.45) is 3.04. The van der Waals surface area contributed by atoms with Gasteiger partial charge in [0.15, 0.2) is 11.6 Å². The van der Waals surface area contributed by atoms with Crippen LogP contribution in [0.1, 0.15) is 29.6 Å². The third kappa shape index (κ3) is 3.91. The summed E-state index contributed by atoms with van der Waals surface area (Å²) in [7, 11) is 0. The highest BCUT2D eigenvalue weighted by atomic mass is 32.1. The van der Waals surface area contributed by atoms with Crippen LogP contribution in [0.5, 0.6) is 11.6 Å². The molecule has 1 aliphatic carbocycles. The van der Waals surface area contributed by atoms with Gasteiger partial charge in [-0.2, -0.15) is 4.98 Å². The zero-order valence-corrected chi connectivity index (χ0v) is 17.6. The number of hydrogen-bond donors (Lipinski definition) is 0. The molecule has 5 nitrogen and oxygen atoms in total. The molecule has 1 unspecified atom stereocenters. The van der Waals surface area contributed by atoms with Crippen LogP contribution in [0.15, 0.2) is 18.2 Å². The average Bonchev–Trinajstić information content (AvgIpc) is 3.08. The molecule has 0 spiro atoms. The molecule has 0 N–H and O–H groups in total. The summed E-state index contributed by atoms with van der Waals surface area (Å²) in [6.45, 7) is 5.87. The maximum Gasteiger partial charge on any atom is 0.231 e. The van der Waals surface area contributed by atoms with Crippen molar-refractivity contribution in [3.05, 3.63) is 46.1 Å². The smallest absolute Gasteiger partial charge is 0.231 e. The van der Waals surface area contributed by atoms with Crippen molar-refractivity contribution in [2.45, 2.75) is 32.7 Å². The average molecular weight is 432 g/mol. The molecule has 1 aliphatic heterocycles. The minimum Gasteiger partial charge on any atom is -0.435 e. The Morgan fingerprint density at radius 3 is 2.87 bits per heavy atom. The van der Waals surface area contributed by atoms with Gasteiger partial charge in [-0.3, -0.25) is 4.90 Å². The highest BCUT2D eigenvalue weighted by Crippen LogP contribution is 2.42. The van der Waals surface area contributed by atoms with E-state index in [2.05, 4.69) is 16.8 Å². The highest BCUT2D eigenvalue weighted by Gasteiger charge is 2.26. The van der Waals surface area contributed by atoms with E-state index in [9.17, 15) is 8.78 Å². The van der Waals surface area contributed by atoms with Crippen LogP contribution in [0, 0.1) is 17.6 Å². The molecule has 1 aromatic carbocycles. The van der Waals surface area contributed by atoms with Crippen LogP contribution < -0.4 is 4.74 Å². The van der Waals surface area contributed by atoms with Gasteiger partial charge in [-0.15, -0.1) is 11.3 Å². The fourth-order valence-electron chi connectivity index (χ4n) is 4.12. The van der Waals surface area contributed by atoms with Gasteiger partial charge in [-0.1, -0.05) is 6.92 Å². The van der Waals surface area contributed by atoms with Gasteiger partial charge in [0, 0.05) is 24.0 Å². The van der Waals surface area contributed by atoms with E-state index in [1.54, 1.807) is 11.3 Å². The monoisotopic (exact) mass is 431 g/mol. The van der Waals surface area contributed by atoms with Crippen molar-refractivity contribution in [1.29, 1.82) is 0 Å². The zero-order valence-electron chi connectivity index (χ0n) is 16.8. The van der Waals surface area contributed by atoms with Gasteiger partial charge in [-0.25, -0.2) is 13.8 Å². The second kappa shape index (κ2) is 8.17. The second-order valence-electron chi connectivity index (χ2n) is 8.04. The molecule has 3 heterocycles. The fraction of sp³-hybridized carbons (Fsp3) is 0.455.